The highest BCUT2D eigenvalue weighted by Gasteiger charge is 2.37. The van der Waals surface area contributed by atoms with Crippen molar-refractivity contribution in [2.24, 2.45) is 5.92 Å². The molecule has 24 rings (SSSR count). The SMILES string of the molecule is CC(C)c1ccc(-c2ccc3c(c2)N(c2ccccc2)c2cc(c4ccc5cc(C(C)(C)CC6CCCC(c7ccccc7-c7ccc8c(c7)N(c7ccccc7)c7cc(c9ccc%10cc(C(C)(C)C)cc%11ccc7c9c%10%11)N(c7ccccc7)c7cc(-c9ccccc9C9CCCCC9)ccc7C8)C6)cc6ccc2c4c65)N(c2ccccc2)c2cc(-c4ccc(C(C)C)cc4)ccc2C3)cc1. The summed E-state index contributed by atoms with van der Waals surface area (Å²) in [4.78, 5) is 10.5. The minimum Gasteiger partial charge on any atom is -0.309 e. The van der Waals surface area contributed by atoms with Crippen molar-refractivity contribution in [3.8, 4) is 44.5 Å². The molecule has 2 fully saturated rings. The van der Waals surface area contributed by atoms with Crippen LogP contribution >= 0.6 is 0 Å². The van der Waals surface area contributed by atoms with Gasteiger partial charge in [0.2, 0.25) is 0 Å². The molecule has 20 aromatic rings. The fourth-order valence-electron chi connectivity index (χ4n) is 24.4. The molecule has 0 radical (unpaired) electrons. The van der Waals surface area contributed by atoms with E-state index in [0.717, 1.165) is 53.4 Å². The molecule has 2 saturated carbocycles. The zero-order valence-electron chi connectivity index (χ0n) is 80.0. The smallest absolute Gasteiger partial charge is 0.0561 e. The topological polar surface area (TPSA) is 13.0 Å². The lowest BCUT2D eigenvalue weighted by atomic mass is 9.68. The van der Waals surface area contributed by atoms with Gasteiger partial charge in [0.25, 0.3) is 0 Å². The summed E-state index contributed by atoms with van der Waals surface area (Å²) >= 11 is 0. The Morgan fingerprint density at radius 1 is 0.265 bits per heavy atom. The number of anilines is 12. The first-order valence-electron chi connectivity index (χ1n) is 50.3. The van der Waals surface area contributed by atoms with Gasteiger partial charge in [-0.3, -0.25) is 0 Å². The van der Waals surface area contributed by atoms with E-state index in [9.17, 15) is 0 Å². The Hall–Kier alpha value is -14.3. The molecule has 2 atom stereocenters. The van der Waals surface area contributed by atoms with Crippen molar-refractivity contribution in [2.75, 3.05) is 19.6 Å². The minimum absolute atomic E-state index is 0.0363. The van der Waals surface area contributed by atoms with Crippen LogP contribution in [0.15, 0.2) is 376 Å². The van der Waals surface area contributed by atoms with Gasteiger partial charge in [-0.25, -0.2) is 0 Å². The third-order valence-corrected chi connectivity index (χ3v) is 31.5. The van der Waals surface area contributed by atoms with Gasteiger partial charge in [-0.1, -0.05) is 386 Å². The Kier molecular flexibility index (Phi) is 21.3. The number of nitrogens with zero attached hydrogens (tertiary/aromatic N) is 4. The molecule has 4 nitrogen and oxygen atoms in total. The van der Waals surface area contributed by atoms with Gasteiger partial charge in [-0.15, -0.1) is 0 Å². The Labute approximate surface area is 802 Å². The summed E-state index contributed by atoms with van der Waals surface area (Å²) < 4.78 is 0. The molecule has 2 heterocycles. The first-order chi connectivity index (χ1) is 66.4. The molecule has 2 aliphatic carbocycles. The van der Waals surface area contributed by atoms with Gasteiger partial charge in [-0.05, 0) is 290 Å². The van der Waals surface area contributed by atoms with Crippen LogP contribution in [0.2, 0.25) is 0 Å². The first-order valence-corrected chi connectivity index (χ1v) is 50.3. The molecular weight excluding hydrogens is 1640 g/mol. The van der Waals surface area contributed by atoms with Gasteiger partial charge in [0.1, 0.15) is 0 Å². The number of hydrogen-bond donors (Lipinski definition) is 0. The van der Waals surface area contributed by atoms with E-state index < -0.39 is 0 Å². The summed E-state index contributed by atoms with van der Waals surface area (Å²) in [5, 5.41) is 15.3. The molecule has 4 heteroatoms. The zero-order chi connectivity index (χ0) is 91.8. The average Bonchev–Trinajstić information content (AvgIpc) is 0.708. The molecule has 0 spiro atoms. The van der Waals surface area contributed by atoms with Crippen LogP contribution in [0, 0.1) is 5.92 Å². The van der Waals surface area contributed by atoms with Crippen LogP contribution in [0.3, 0.4) is 0 Å². The number of fused-ring (bicyclic) bond motifs is 12. The molecule has 2 aliphatic heterocycles. The molecule has 20 aromatic carbocycles. The van der Waals surface area contributed by atoms with Gasteiger partial charge >= 0.3 is 0 Å². The van der Waals surface area contributed by atoms with E-state index >= 15 is 0 Å². The van der Waals surface area contributed by atoms with Gasteiger partial charge in [0.05, 0.1) is 45.5 Å². The van der Waals surface area contributed by atoms with E-state index in [1.807, 2.05) is 0 Å². The standard InChI is InChI=1S/C132H118N4/c1-84(2)87-46-50-89(51-47-87)92-54-58-97-71-98-59-55-93(90-52-48-88(49-53-90)85(3)4)78-120(98)134(108-36-19-12-20-37-108)124-81-123(133(119(97)77-92)107-34-17-11-18-35-107)117-68-64-103-75-106(76-104-65-69-118(124)130(117)128(103)104)132(8,9)83-86-30-29-33-94(70-86)112-43-27-28-45-114(112)96-57-61-100-72-99-60-56-95(113-44-26-25-42-111(113)91-31-15-10-16-32-91)79-121(99)135(109-38-21-13-22-39-109)125-82-126(136(122(100)80-96)110-40-23-14-24-41-110)116-67-63-102-74-105(131(5,6)7)73-101-62-66-115(125)129(116)127(101)102/h11-14,17-28,34-69,73-82,84-86,91,94H,10,15-16,29-33,70-72,83H2,1-9H3. The van der Waals surface area contributed by atoms with E-state index in [4.69, 9.17) is 0 Å². The van der Waals surface area contributed by atoms with Crippen molar-refractivity contribution in [1.82, 2.24) is 0 Å². The minimum atomic E-state index is -0.155. The van der Waals surface area contributed by atoms with Crippen molar-refractivity contribution >= 4 is 133 Å². The van der Waals surface area contributed by atoms with Gasteiger partial charge in [0.15, 0.2) is 0 Å². The highest BCUT2D eigenvalue weighted by molar-refractivity contribution is 6.31. The number of benzene rings is 20. The maximum atomic E-state index is 2.65. The van der Waals surface area contributed by atoms with Crippen LogP contribution in [0.25, 0.3) is 109 Å². The lowest BCUT2D eigenvalue weighted by Gasteiger charge is -2.37. The monoisotopic (exact) mass is 1760 g/mol. The fourth-order valence-corrected chi connectivity index (χ4v) is 24.4. The van der Waals surface area contributed by atoms with Crippen LogP contribution in [0.4, 0.5) is 68.2 Å². The summed E-state index contributed by atoms with van der Waals surface area (Å²) in [6.07, 6.45) is 13.6. The van der Waals surface area contributed by atoms with E-state index in [-0.39, 0.29) is 10.8 Å². The van der Waals surface area contributed by atoms with Crippen molar-refractivity contribution in [3.63, 3.8) is 0 Å². The Balaban J connectivity index is 0.625. The second-order valence-electron chi connectivity index (χ2n) is 42.2. The van der Waals surface area contributed by atoms with Gasteiger partial charge < -0.3 is 19.6 Å². The van der Waals surface area contributed by atoms with Crippen LogP contribution < -0.4 is 19.6 Å². The second-order valence-corrected chi connectivity index (χ2v) is 42.2. The molecular formula is C132H118N4. The van der Waals surface area contributed by atoms with Crippen LogP contribution in [0.1, 0.15) is 206 Å². The average molecular weight is 1760 g/mol. The van der Waals surface area contributed by atoms with Crippen LogP contribution in [-0.2, 0) is 23.7 Å². The maximum absolute atomic E-state index is 2.65. The predicted octanol–water partition coefficient (Wildman–Crippen LogP) is 38.1. The molecule has 666 valence electrons. The number of rotatable bonds is 15. The number of para-hydroxylation sites is 4. The van der Waals surface area contributed by atoms with Crippen molar-refractivity contribution < 1.29 is 0 Å². The summed E-state index contributed by atoms with van der Waals surface area (Å²) in [6, 6.07) is 147. The van der Waals surface area contributed by atoms with Crippen LogP contribution in [-0.4, -0.2) is 0 Å². The van der Waals surface area contributed by atoms with Gasteiger partial charge in [-0.2, -0.15) is 0 Å². The summed E-state index contributed by atoms with van der Waals surface area (Å²) in [5.41, 5.74) is 37.2. The molecule has 4 aliphatic rings. The Morgan fingerprint density at radius 2 is 0.588 bits per heavy atom. The fraction of sp³-hybridized carbons (Fsp3) is 0.212. The van der Waals surface area contributed by atoms with E-state index in [0.29, 0.717) is 42.4 Å². The third-order valence-electron chi connectivity index (χ3n) is 31.5. The summed E-state index contributed by atoms with van der Waals surface area (Å²) in [6.45, 7) is 21.3. The second kappa shape index (κ2) is 34.2. The van der Waals surface area contributed by atoms with Gasteiger partial charge in [0, 0.05) is 67.9 Å². The predicted molar refractivity (Wildman–Crippen MR) is 581 cm³/mol. The lowest BCUT2D eigenvalue weighted by molar-refractivity contribution is 0.259. The van der Waals surface area contributed by atoms with Crippen LogP contribution in [0.5, 0.6) is 0 Å². The largest absolute Gasteiger partial charge is 0.309 e. The zero-order valence-corrected chi connectivity index (χ0v) is 80.0. The third kappa shape index (κ3) is 15.0. The molecule has 136 heavy (non-hydrogen) atoms. The first kappa shape index (κ1) is 84.7. The summed E-state index contributed by atoms with van der Waals surface area (Å²) in [5.74, 6) is 2.30. The highest BCUT2D eigenvalue weighted by atomic mass is 15.2. The molecule has 0 saturated heterocycles. The van der Waals surface area contributed by atoms with E-state index in [1.165, 1.54) is 244 Å². The van der Waals surface area contributed by atoms with Crippen molar-refractivity contribution in [2.45, 2.75) is 174 Å². The van der Waals surface area contributed by atoms with Crippen molar-refractivity contribution in [1.29, 1.82) is 0 Å². The normalized spacial score (nSPS) is 15.6. The summed E-state index contributed by atoms with van der Waals surface area (Å²) in [7, 11) is 0. The Morgan fingerprint density at radius 3 is 0.956 bits per heavy atom. The van der Waals surface area contributed by atoms with E-state index in [2.05, 4.69) is 458 Å². The molecule has 4 bridgehead atoms. The number of hydrogen-bond acceptors (Lipinski definition) is 4. The molecule has 0 aromatic heterocycles. The quantitative estimate of drug-likeness (QED) is 0.0949. The van der Waals surface area contributed by atoms with Crippen molar-refractivity contribution in [3.05, 3.63) is 432 Å². The molecule has 0 amide bonds. The Bertz CT molecular complexity index is 7700. The molecule has 2 unspecified atom stereocenters. The highest BCUT2D eigenvalue weighted by Crippen LogP contribution is 2.59. The molecule has 0 N–H and O–H groups in total. The maximum Gasteiger partial charge on any atom is 0.0561 e. The lowest BCUT2D eigenvalue weighted by Crippen LogP contribution is -2.25. The van der Waals surface area contributed by atoms with E-state index in [1.54, 1.807) is 0 Å².